The van der Waals surface area contributed by atoms with E-state index in [4.69, 9.17) is 14.2 Å². The van der Waals surface area contributed by atoms with Crippen LogP contribution in [0.25, 0.3) is 10.9 Å². The summed E-state index contributed by atoms with van der Waals surface area (Å²) in [6.07, 6.45) is 0. The summed E-state index contributed by atoms with van der Waals surface area (Å²) in [6.45, 7) is 4.23. The zero-order valence-electron chi connectivity index (χ0n) is 16.3. The molecule has 3 aromatic rings. The number of aromatic amines is 1. The normalized spacial score (nSPS) is 16.4. The fourth-order valence-corrected chi connectivity index (χ4v) is 3.93. The summed E-state index contributed by atoms with van der Waals surface area (Å²) in [4.78, 5) is 20.4. The molecule has 2 aliphatic rings. The lowest BCUT2D eigenvalue weighted by atomic mass is 10.1. The Labute approximate surface area is 168 Å². The minimum Gasteiger partial charge on any atom is -0.497 e. The number of methoxy groups -OCH3 is 1. The summed E-state index contributed by atoms with van der Waals surface area (Å²) in [5.41, 5.74) is 2.76. The number of amides is 1. The number of benzene rings is 2. The maximum absolute atomic E-state index is 12.9. The van der Waals surface area contributed by atoms with Crippen LogP contribution in [0.15, 0.2) is 42.5 Å². The molecule has 7 heteroatoms. The smallest absolute Gasteiger partial charge is 0.270 e. The van der Waals surface area contributed by atoms with Crippen LogP contribution >= 0.6 is 0 Å². The van der Waals surface area contributed by atoms with E-state index < -0.39 is 0 Å². The van der Waals surface area contributed by atoms with Gasteiger partial charge in [0.05, 0.1) is 7.11 Å². The quantitative estimate of drug-likeness (QED) is 0.738. The van der Waals surface area contributed by atoms with Crippen LogP contribution in [0.2, 0.25) is 0 Å². The Morgan fingerprint density at radius 1 is 1.03 bits per heavy atom. The van der Waals surface area contributed by atoms with Crippen molar-refractivity contribution in [2.45, 2.75) is 6.54 Å². The second-order valence-electron chi connectivity index (χ2n) is 7.39. The van der Waals surface area contributed by atoms with Crippen molar-refractivity contribution in [2.75, 3.05) is 40.1 Å². The molecule has 0 saturated carbocycles. The molecule has 1 N–H and O–H groups in total. The highest BCUT2D eigenvalue weighted by molar-refractivity contribution is 5.98. The minimum absolute atomic E-state index is 0.0443. The molecule has 3 heterocycles. The van der Waals surface area contributed by atoms with Crippen LogP contribution in [0.1, 0.15) is 16.1 Å². The fraction of sp³-hybridized carbons (Fsp3) is 0.318. The van der Waals surface area contributed by atoms with Crippen molar-refractivity contribution in [1.82, 2.24) is 14.8 Å². The molecule has 0 unspecified atom stereocenters. The molecule has 0 bridgehead atoms. The average Bonchev–Trinajstić information content (AvgIpc) is 3.39. The van der Waals surface area contributed by atoms with E-state index in [2.05, 4.69) is 16.0 Å². The summed E-state index contributed by atoms with van der Waals surface area (Å²) in [5, 5.41) is 0.981. The summed E-state index contributed by atoms with van der Waals surface area (Å²) >= 11 is 0. The van der Waals surface area contributed by atoms with Gasteiger partial charge in [0.1, 0.15) is 11.4 Å². The van der Waals surface area contributed by atoms with E-state index >= 15 is 0 Å². The summed E-state index contributed by atoms with van der Waals surface area (Å²) in [6, 6.07) is 13.7. The van der Waals surface area contributed by atoms with Gasteiger partial charge in [0.15, 0.2) is 11.5 Å². The Bertz CT molecular complexity index is 1050. The third-order valence-corrected chi connectivity index (χ3v) is 5.56. The lowest BCUT2D eigenvalue weighted by Crippen LogP contribution is -2.48. The molecule has 0 radical (unpaired) electrons. The number of H-pyrrole nitrogens is 1. The maximum atomic E-state index is 12.9. The van der Waals surface area contributed by atoms with Crippen molar-refractivity contribution in [3.63, 3.8) is 0 Å². The minimum atomic E-state index is 0.0443. The van der Waals surface area contributed by atoms with Crippen molar-refractivity contribution in [2.24, 2.45) is 0 Å². The second-order valence-corrected chi connectivity index (χ2v) is 7.39. The predicted molar refractivity (Wildman–Crippen MR) is 109 cm³/mol. The zero-order chi connectivity index (χ0) is 19.8. The van der Waals surface area contributed by atoms with E-state index in [-0.39, 0.29) is 5.91 Å². The van der Waals surface area contributed by atoms with Gasteiger partial charge in [-0.25, -0.2) is 0 Å². The lowest BCUT2D eigenvalue weighted by molar-refractivity contribution is 0.0623. The Hall–Kier alpha value is -3.19. The van der Waals surface area contributed by atoms with Gasteiger partial charge in [-0.05, 0) is 42.0 Å². The number of carbonyl (C=O) groups excluding carboxylic acids is 1. The van der Waals surface area contributed by atoms with E-state index in [1.54, 1.807) is 7.11 Å². The standard InChI is InChI=1S/C22H23N3O4/c1-27-17-3-4-18-16(11-17)12-19(23-18)22(26)25-8-6-24(7-9-25)13-15-2-5-20-21(10-15)29-14-28-20/h2-5,10-12,23H,6-9,13-14H2,1H3. The van der Waals surface area contributed by atoms with Gasteiger partial charge in [-0.15, -0.1) is 0 Å². The highest BCUT2D eigenvalue weighted by Crippen LogP contribution is 2.33. The monoisotopic (exact) mass is 393 g/mol. The molecule has 0 atom stereocenters. The average molecular weight is 393 g/mol. The van der Waals surface area contributed by atoms with Crippen molar-refractivity contribution in [1.29, 1.82) is 0 Å². The highest BCUT2D eigenvalue weighted by atomic mass is 16.7. The Balaban J connectivity index is 1.21. The zero-order valence-corrected chi connectivity index (χ0v) is 16.3. The Morgan fingerprint density at radius 2 is 1.86 bits per heavy atom. The van der Waals surface area contributed by atoms with Gasteiger partial charge in [0.2, 0.25) is 6.79 Å². The molecule has 29 heavy (non-hydrogen) atoms. The number of rotatable bonds is 4. The van der Waals surface area contributed by atoms with E-state index in [0.717, 1.165) is 47.8 Å². The number of carbonyl (C=O) groups is 1. The summed E-state index contributed by atoms with van der Waals surface area (Å²) in [7, 11) is 1.64. The fourth-order valence-electron chi connectivity index (χ4n) is 3.93. The number of hydrogen-bond donors (Lipinski definition) is 1. The molecule has 1 saturated heterocycles. The van der Waals surface area contributed by atoms with Gasteiger partial charge in [-0.3, -0.25) is 9.69 Å². The summed E-state index contributed by atoms with van der Waals surface area (Å²) < 4.78 is 16.1. The molecular weight excluding hydrogens is 370 g/mol. The number of fused-ring (bicyclic) bond motifs is 2. The second kappa shape index (κ2) is 7.33. The SMILES string of the molecule is COc1ccc2[nH]c(C(=O)N3CCN(Cc4ccc5c(c4)OCO5)CC3)cc2c1. The van der Waals surface area contributed by atoms with Crippen LogP contribution in [0.4, 0.5) is 0 Å². The van der Waals surface area contributed by atoms with Gasteiger partial charge >= 0.3 is 0 Å². The van der Waals surface area contributed by atoms with E-state index in [1.807, 2.05) is 41.3 Å². The van der Waals surface area contributed by atoms with Crippen molar-refractivity contribution in [3.8, 4) is 17.2 Å². The molecule has 2 aliphatic heterocycles. The first-order valence-corrected chi connectivity index (χ1v) is 9.76. The lowest BCUT2D eigenvalue weighted by Gasteiger charge is -2.34. The van der Waals surface area contributed by atoms with Gasteiger partial charge in [-0.2, -0.15) is 0 Å². The number of ether oxygens (including phenoxy) is 3. The molecule has 2 aromatic carbocycles. The first kappa shape index (κ1) is 17.9. The molecular formula is C22H23N3O4. The first-order valence-electron chi connectivity index (χ1n) is 9.76. The Kier molecular flexibility index (Phi) is 4.52. The molecule has 0 aliphatic carbocycles. The maximum Gasteiger partial charge on any atom is 0.270 e. The summed E-state index contributed by atoms with van der Waals surface area (Å²) in [5.74, 6) is 2.45. The van der Waals surface area contributed by atoms with E-state index in [0.29, 0.717) is 25.6 Å². The van der Waals surface area contributed by atoms with E-state index in [1.165, 1.54) is 5.56 Å². The van der Waals surface area contributed by atoms with Gasteiger partial charge in [0.25, 0.3) is 5.91 Å². The number of piperazine rings is 1. The molecule has 0 spiro atoms. The van der Waals surface area contributed by atoms with Crippen LogP contribution < -0.4 is 14.2 Å². The van der Waals surface area contributed by atoms with Crippen LogP contribution in [0.5, 0.6) is 17.2 Å². The predicted octanol–water partition coefficient (Wildman–Crippen LogP) is 2.86. The molecule has 1 aromatic heterocycles. The van der Waals surface area contributed by atoms with Gasteiger partial charge < -0.3 is 24.1 Å². The van der Waals surface area contributed by atoms with Crippen molar-refractivity contribution < 1.29 is 19.0 Å². The van der Waals surface area contributed by atoms with Crippen LogP contribution in [0, 0.1) is 0 Å². The largest absolute Gasteiger partial charge is 0.497 e. The van der Waals surface area contributed by atoms with E-state index in [9.17, 15) is 4.79 Å². The van der Waals surface area contributed by atoms with Gasteiger partial charge in [0, 0.05) is 43.6 Å². The number of nitrogens with one attached hydrogen (secondary N) is 1. The van der Waals surface area contributed by atoms with Gasteiger partial charge in [-0.1, -0.05) is 6.07 Å². The molecule has 150 valence electrons. The molecule has 7 nitrogen and oxygen atoms in total. The topological polar surface area (TPSA) is 67.0 Å². The number of aromatic nitrogens is 1. The third kappa shape index (κ3) is 3.49. The Morgan fingerprint density at radius 3 is 2.69 bits per heavy atom. The highest BCUT2D eigenvalue weighted by Gasteiger charge is 2.24. The first-order chi connectivity index (χ1) is 14.2. The van der Waals surface area contributed by atoms with Crippen LogP contribution in [-0.2, 0) is 6.54 Å². The molecule has 5 rings (SSSR count). The van der Waals surface area contributed by atoms with Crippen molar-refractivity contribution in [3.05, 3.63) is 53.7 Å². The molecule has 1 fully saturated rings. The number of hydrogen-bond acceptors (Lipinski definition) is 5. The van der Waals surface area contributed by atoms with Crippen LogP contribution in [0.3, 0.4) is 0 Å². The van der Waals surface area contributed by atoms with Crippen molar-refractivity contribution >= 4 is 16.8 Å². The third-order valence-electron chi connectivity index (χ3n) is 5.56. The number of nitrogens with zero attached hydrogens (tertiary/aromatic N) is 2. The molecule has 1 amide bonds. The van der Waals surface area contributed by atoms with Crippen LogP contribution in [-0.4, -0.2) is 60.8 Å².